The Kier molecular flexibility index (Phi) is 5.29. The Balaban J connectivity index is 1.53. The average molecular weight is 340 g/mol. The van der Waals surface area contributed by atoms with Gasteiger partial charge in [0, 0.05) is 52.1 Å². The number of rotatable bonds is 5. The summed E-state index contributed by atoms with van der Waals surface area (Å²) in [7, 11) is 3.58. The van der Waals surface area contributed by atoms with Gasteiger partial charge in [-0.25, -0.2) is 4.79 Å². The Morgan fingerprint density at radius 2 is 2.00 bits per heavy atom. The van der Waals surface area contributed by atoms with Gasteiger partial charge in [0.2, 0.25) is 0 Å². The molecule has 1 saturated carbocycles. The van der Waals surface area contributed by atoms with Crippen molar-refractivity contribution in [1.82, 2.24) is 15.1 Å². The molecule has 25 heavy (non-hydrogen) atoms. The van der Waals surface area contributed by atoms with E-state index in [1.54, 1.807) is 19.0 Å². The van der Waals surface area contributed by atoms with Gasteiger partial charge in [0.1, 0.15) is 0 Å². The molecule has 0 unspecified atom stereocenters. The lowest BCUT2D eigenvalue weighted by Gasteiger charge is -2.41. The lowest BCUT2D eigenvalue weighted by atomic mass is 9.76. The van der Waals surface area contributed by atoms with Gasteiger partial charge in [-0.1, -0.05) is 30.3 Å². The van der Waals surface area contributed by atoms with Crippen molar-refractivity contribution >= 4 is 6.03 Å². The van der Waals surface area contributed by atoms with E-state index in [-0.39, 0.29) is 11.4 Å². The lowest BCUT2D eigenvalue weighted by Crippen LogP contribution is -2.49. The molecule has 1 heterocycles. The van der Waals surface area contributed by atoms with Crippen LogP contribution in [0.1, 0.15) is 37.2 Å². The van der Waals surface area contributed by atoms with Crippen molar-refractivity contribution < 1.29 is 4.79 Å². The second-order valence-electron chi connectivity index (χ2n) is 7.74. The number of benzene rings is 1. The van der Waals surface area contributed by atoms with Gasteiger partial charge in [-0.3, -0.25) is 0 Å². The molecule has 5 nitrogen and oxygen atoms in total. The van der Waals surface area contributed by atoms with Crippen LogP contribution in [0.3, 0.4) is 0 Å². The van der Waals surface area contributed by atoms with Gasteiger partial charge in [-0.2, -0.15) is 5.26 Å². The molecule has 0 bridgehead atoms. The average Bonchev–Trinajstić information content (AvgIpc) is 3.41. The lowest BCUT2D eigenvalue weighted by molar-refractivity contribution is 0.104. The molecule has 1 aromatic rings. The summed E-state index contributed by atoms with van der Waals surface area (Å²) in [4.78, 5) is 15.6. The van der Waals surface area contributed by atoms with Gasteiger partial charge in [0.25, 0.3) is 0 Å². The maximum absolute atomic E-state index is 12.1. The van der Waals surface area contributed by atoms with Crippen LogP contribution < -0.4 is 5.32 Å². The molecule has 2 atom stereocenters. The number of hydrogen-bond acceptors (Lipinski definition) is 3. The van der Waals surface area contributed by atoms with Gasteiger partial charge in [-0.15, -0.1) is 0 Å². The van der Waals surface area contributed by atoms with Gasteiger partial charge >= 0.3 is 6.03 Å². The zero-order chi connectivity index (χ0) is 17.9. The largest absolute Gasteiger partial charge is 0.331 e. The van der Waals surface area contributed by atoms with E-state index >= 15 is 0 Å². The quantitative estimate of drug-likeness (QED) is 0.897. The highest BCUT2D eigenvalue weighted by Crippen LogP contribution is 2.42. The van der Waals surface area contributed by atoms with Crippen LogP contribution in [0.4, 0.5) is 4.79 Å². The minimum atomic E-state index is 0.00166. The van der Waals surface area contributed by atoms with Crippen molar-refractivity contribution in [2.75, 3.05) is 33.7 Å². The first-order valence-corrected chi connectivity index (χ1v) is 9.16. The van der Waals surface area contributed by atoms with E-state index in [4.69, 9.17) is 0 Å². The van der Waals surface area contributed by atoms with Crippen LogP contribution >= 0.6 is 0 Å². The van der Waals surface area contributed by atoms with Crippen molar-refractivity contribution in [2.45, 2.75) is 37.6 Å². The molecule has 2 amide bonds. The fourth-order valence-electron chi connectivity index (χ4n) is 3.88. The monoisotopic (exact) mass is 340 g/mol. The van der Waals surface area contributed by atoms with Gasteiger partial charge < -0.3 is 15.1 Å². The molecule has 1 aromatic carbocycles. The number of hydrogen-bond donors (Lipinski definition) is 1. The topological polar surface area (TPSA) is 59.4 Å². The number of nitrogens with one attached hydrogen (secondary N) is 1. The summed E-state index contributed by atoms with van der Waals surface area (Å²) >= 11 is 0. The maximum atomic E-state index is 12.1. The zero-order valence-corrected chi connectivity index (χ0v) is 15.2. The molecule has 1 aliphatic heterocycles. The first-order valence-electron chi connectivity index (χ1n) is 9.16. The standard InChI is InChI=1S/C20H28N4O/c1-23(2)19(25)24-12-9-20(8-11-21,10-13-24)15-22-18-14-17(18)16-6-4-3-5-7-16/h3-7,17-18,22H,8-10,12-15H2,1-2H3/t17-,18+/m0/s1. The van der Waals surface area contributed by atoms with Gasteiger partial charge in [0.05, 0.1) is 6.07 Å². The van der Waals surface area contributed by atoms with E-state index < -0.39 is 0 Å². The van der Waals surface area contributed by atoms with Crippen LogP contribution in [0.2, 0.25) is 0 Å². The zero-order valence-electron chi connectivity index (χ0n) is 15.2. The highest BCUT2D eigenvalue weighted by molar-refractivity contribution is 5.73. The highest BCUT2D eigenvalue weighted by Gasteiger charge is 2.41. The third kappa shape index (κ3) is 4.13. The first kappa shape index (κ1) is 17.8. The maximum Gasteiger partial charge on any atom is 0.319 e. The second kappa shape index (κ2) is 7.45. The van der Waals surface area contributed by atoms with Crippen LogP contribution in [0.5, 0.6) is 0 Å². The van der Waals surface area contributed by atoms with E-state index in [1.807, 2.05) is 4.90 Å². The number of piperidine rings is 1. The van der Waals surface area contributed by atoms with Crippen LogP contribution in [0.15, 0.2) is 30.3 Å². The van der Waals surface area contributed by atoms with E-state index in [9.17, 15) is 10.1 Å². The molecule has 0 spiro atoms. The SMILES string of the molecule is CN(C)C(=O)N1CCC(CC#N)(CN[C@@H]2C[C@H]2c2ccccc2)CC1. The fraction of sp³-hybridized carbons (Fsp3) is 0.600. The van der Waals surface area contributed by atoms with Crippen molar-refractivity contribution in [3.63, 3.8) is 0 Å². The van der Waals surface area contributed by atoms with Crippen LogP contribution in [0, 0.1) is 16.7 Å². The molecular formula is C20H28N4O. The molecule has 1 saturated heterocycles. The molecule has 2 fully saturated rings. The Morgan fingerprint density at radius 1 is 1.32 bits per heavy atom. The fourth-order valence-corrected chi connectivity index (χ4v) is 3.88. The van der Waals surface area contributed by atoms with E-state index in [1.165, 1.54) is 12.0 Å². The Bertz CT molecular complexity index is 629. The normalized spacial score (nSPS) is 24.4. The van der Waals surface area contributed by atoms with E-state index in [0.717, 1.165) is 32.5 Å². The summed E-state index contributed by atoms with van der Waals surface area (Å²) in [6, 6.07) is 13.6. The third-order valence-electron chi connectivity index (χ3n) is 5.69. The molecular weight excluding hydrogens is 312 g/mol. The Labute approximate surface area is 150 Å². The number of amides is 2. The number of carbonyl (C=O) groups is 1. The summed E-state index contributed by atoms with van der Waals surface area (Å²) in [6.45, 7) is 2.36. The number of likely N-dealkylation sites (tertiary alicyclic amines) is 1. The van der Waals surface area contributed by atoms with Crippen molar-refractivity contribution in [2.24, 2.45) is 5.41 Å². The summed E-state index contributed by atoms with van der Waals surface area (Å²) in [6.07, 6.45) is 3.54. The number of nitrogens with zero attached hydrogens (tertiary/aromatic N) is 3. The van der Waals surface area contributed by atoms with Crippen LogP contribution in [-0.4, -0.2) is 55.6 Å². The summed E-state index contributed by atoms with van der Waals surface area (Å²) in [5.41, 5.74) is 1.41. The van der Waals surface area contributed by atoms with Gasteiger partial charge in [-0.05, 0) is 30.2 Å². The van der Waals surface area contributed by atoms with Crippen molar-refractivity contribution in [1.29, 1.82) is 5.26 Å². The van der Waals surface area contributed by atoms with Crippen LogP contribution in [-0.2, 0) is 0 Å². The molecule has 3 rings (SSSR count). The van der Waals surface area contributed by atoms with Crippen molar-refractivity contribution in [3.8, 4) is 6.07 Å². The molecule has 134 valence electrons. The Hall–Kier alpha value is -2.06. The van der Waals surface area contributed by atoms with Crippen LogP contribution in [0.25, 0.3) is 0 Å². The Morgan fingerprint density at radius 3 is 2.60 bits per heavy atom. The molecule has 0 aromatic heterocycles. The third-order valence-corrected chi connectivity index (χ3v) is 5.69. The first-order chi connectivity index (χ1) is 12.0. The predicted molar refractivity (Wildman–Crippen MR) is 98.1 cm³/mol. The van der Waals surface area contributed by atoms with Gasteiger partial charge in [0.15, 0.2) is 0 Å². The predicted octanol–water partition coefficient (Wildman–Crippen LogP) is 2.81. The molecule has 1 aliphatic carbocycles. The summed E-state index contributed by atoms with van der Waals surface area (Å²) in [5.74, 6) is 0.607. The number of nitriles is 1. The molecule has 0 radical (unpaired) electrons. The number of urea groups is 1. The van der Waals surface area contributed by atoms with E-state index in [0.29, 0.717) is 18.4 Å². The molecule has 2 aliphatic rings. The number of carbonyl (C=O) groups excluding carboxylic acids is 1. The second-order valence-corrected chi connectivity index (χ2v) is 7.74. The minimum absolute atomic E-state index is 0.00166. The molecule has 1 N–H and O–H groups in total. The molecule has 5 heteroatoms. The van der Waals surface area contributed by atoms with Crippen molar-refractivity contribution in [3.05, 3.63) is 35.9 Å². The minimum Gasteiger partial charge on any atom is -0.331 e. The van der Waals surface area contributed by atoms with E-state index in [2.05, 4.69) is 41.7 Å². The highest BCUT2D eigenvalue weighted by atomic mass is 16.2. The smallest absolute Gasteiger partial charge is 0.319 e. The summed E-state index contributed by atoms with van der Waals surface area (Å²) in [5, 5.41) is 13.0. The summed E-state index contributed by atoms with van der Waals surface area (Å²) < 4.78 is 0.